The normalized spacial score (nSPS) is 18.3. The molecule has 1 aliphatic heterocycles. The zero-order chi connectivity index (χ0) is 11.7. The van der Waals surface area contributed by atoms with Crippen molar-refractivity contribution in [1.29, 1.82) is 0 Å². The number of hydrogen-bond acceptors (Lipinski definition) is 3. The molecule has 5 heteroatoms. The Morgan fingerprint density at radius 1 is 1.56 bits per heavy atom. The molecule has 16 heavy (non-hydrogen) atoms. The minimum absolute atomic E-state index is 0.0707. The van der Waals surface area contributed by atoms with Crippen molar-refractivity contribution in [3.05, 3.63) is 23.8 Å². The molecule has 0 aliphatic carbocycles. The summed E-state index contributed by atoms with van der Waals surface area (Å²) in [6.45, 7) is 1.66. The second kappa shape index (κ2) is 3.84. The number of fused-ring (bicyclic) bond motifs is 1. The minimum Gasteiger partial charge on any atom is -0.481 e. The quantitative estimate of drug-likeness (QED) is 0.782. The van der Waals surface area contributed by atoms with E-state index in [0.29, 0.717) is 17.0 Å². The summed E-state index contributed by atoms with van der Waals surface area (Å²) in [5, 5.41) is 11.3. The van der Waals surface area contributed by atoms with E-state index in [1.165, 1.54) is 0 Å². The molecule has 0 radical (unpaired) electrons. The number of carboxylic acid groups (broad SMARTS) is 1. The van der Waals surface area contributed by atoms with Crippen molar-refractivity contribution < 1.29 is 19.4 Å². The van der Waals surface area contributed by atoms with E-state index in [4.69, 9.17) is 9.84 Å². The molecular weight excluding hydrogens is 210 g/mol. The van der Waals surface area contributed by atoms with E-state index in [1.54, 1.807) is 25.1 Å². The molecule has 0 saturated carbocycles. The average Bonchev–Trinajstić information content (AvgIpc) is 2.19. The van der Waals surface area contributed by atoms with E-state index < -0.39 is 12.1 Å². The van der Waals surface area contributed by atoms with Gasteiger partial charge in [-0.25, -0.2) is 0 Å². The fourth-order valence-electron chi connectivity index (χ4n) is 1.54. The maximum absolute atomic E-state index is 11.3. The maximum Gasteiger partial charge on any atom is 0.307 e. The van der Waals surface area contributed by atoms with Crippen molar-refractivity contribution >= 4 is 17.6 Å². The number of nitrogens with one attached hydrogen (secondary N) is 1. The van der Waals surface area contributed by atoms with Crippen LogP contribution in [0, 0.1) is 0 Å². The molecule has 5 nitrogen and oxygen atoms in total. The van der Waals surface area contributed by atoms with Gasteiger partial charge < -0.3 is 15.2 Å². The van der Waals surface area contributed by atoms with E-state index in [-0.39, 0.29) is 12.3 Å². The number of carbonyl (C=O) groups is 2. The Kier molecular flexibility index (Phi) is 2.52. The lowest BCUT2D eigenvalue weighted by molar-refractivity contribution is -0.136. The molecule has 0 saturated heterocycles. The monoisotopic (exact) mass is 221 g/mol. The molecular formula is C11H11NO4. The smallest absolute Gasteiger partial charge is 0.307 e. The van der Waals surface area contributed by atoms with Crippen LogP contribution in [0.4, 0.5) is 5.69 Å². The Balaban J connectivity index is 2.29. The number of anilines is 1. The molecule has 1 atom stereocenters. The third kappa shape index (κ3) is 1.98. The van der Waals surface area contributed by atoms with Gasteiger partial charge in [0.05, 0.1) is 12.1 Å². The second-order valence-corrected chi connectivity index (χ2v) is 3.65. The van der Waals surface area contributed by atoms with Crippen molar-refractivity contribution in [3.8, 4) is 5.75 Å². The van der Waals surface area contributed by atoms with E-state index in [2.05, 4.69) is 5.32 Å². The first kappa shape index (κ1) is 10.5. The molecule has 1 heterocycles. The van der Waals surface area contributed by atoms with Crippen LogP contribution in [-0.2, 0) is 16.0 Å². The van der Waals surface area contributed by atoms with Gasteiger partial charge in [0, 0.05) is 0 Å². The Bertz CT molecular complexity index is 455. The zero-order valence-electron chi connectivity index (χ0n) is 8.69. The number of rotatable bonds is 2. The Morgan fingerprint density at radius 3 is 3.00 bits per heavy atom. The zero-order valence-corrected chi connectivity index (χ0v) is 8.69. The van der Waals surface area contributed by atoms with Gasteiger partial charge in [0.25, 0.3) is 5.91 Å². The summed E-state index contributed by atoms with van der Waals surface area (Å²) >= 11 is 0. The van der Waals surface area contributed by atoms with Gasteiger partial charge in [-0.05, 0) is 24.6 Å². The first-order chi connectivity index (χ1) is 7.56. The van der Waals surface area contributed by atoms with Crippen LogP contribution >= 0.6 is 0 Å². The predicted molar refractivity (Wildman–Crippen MR) is 56.5 cm³/mol. The van der Waals surface area contributed by atoms with Crippen LogP contribution in [-0.4, -0.2) is 23.1 Å². The highest BCUT2D eigenvalue weighted by Crippen LogP contribution is 2.30. The SMILES string of the molecule is CC1Oc2ccc(CC(=O)O)cc2NC1=O. The third-order valence-electron chi connectivity index (χ3n) is 2.33. The number of carbonyl (C=O) groups excluding carboxylic acids is 1. The fraction of sp³-hybridized carbons (Fsp3) is 0.273. The highest BCUT2D eigenvalue weighted by Gasteiger charge is 2.23. The third-order valence-corrected chi connectivity index (χ3v) is 2.33. The van der Waals surface area contributed by atoms with Gasteiger partial charge in [0.1, 0.15) is 5.75 Å². The summed E-state index contributed by atoms with van der Waals surface area (Å²) in [5.41, 5.74) is 1.16. The van der Waals surface area contributed by atoms with Crippen LogP contribution in [0.1, 0.15) is 12.5 Å². The van der Waals surface area contributed by atoms with Crippen LogP contribution in [0.2, 0.25) is 0 Å². The number of hydrogen-bond donors (Lipinski definition) is 2. The van der Waals surface area contributed by atoms with Gasteiger partial charge in [-0.3, -0.25) is 9.59 Å². The summed E-state index contributed by atoms with van der Waals surface area (Å²) in [6, 6.07) is 4.97. The summed E-state index contributed by atoms with van der Waals surface area (Å²) in [7, 11) is 0. The lowest BCUT2D eigenvalue weighted by atomic mass is 10.1. The van der Waals surface area contributed by atoms with Crippen LogP contribution in [0.15, 0.2) is 18.2 Å². The Labute approximate surface area is 92.0 Å². The summed E-state index contributed by atoms with van der Waals surface area (Å²) < 4.78 is 5.34. The number of ether oxygens (including phenoxy) is 1. The molecule has 0 bridgehead atoms. The molecule has 1 aliphatic rings. The minimum atomic E-state index is -0.906. The highest BCUT2D eigenvalue weighted by atomic mass is 16.5. The van der Waals surface area contributed by atoms with E-state index in [0.717, 1.165) is 0 Å². The van der Waals surface area contributed by atoms with Gasteiger partial charge >= 0.3 is 5.97 Å². The van der Waals surface area contributed by atoms with Gasteiger partial charge in [0.2, 0.25) is 0 Å². The first-order valence-electron chi connectivity index (χ1n) is 4.88. The van der Waals surface area contributed by atoms with E-state index in [1.807, 2.05) is 0 Å². The van der Waals surface area contributed by atoms with Crippen LogP contribution in [0.3, 0.4) is 0 Å². The van der Waals surface area contributed by atoms with Crippen molar-refractivity contribution in [3.63, 3.8) is 0 Å². The Morgan fingerprint density at radius 2 is 2.31 bits per heavy atom. The number of aliphatic carboxylic acids is 1. The van der Waals surface area contributed by atoms with Gasteiger partial charge in [-0.2, -0.15) is 0 Å². The highest BCUT2D eigenvalue weighted by molar-refractivity contribution is 5.97. The number of benzene rings is 1. The molecule has 1 amide bonds. The first-order valence-corrected chi connectivity index (χ1v) is 4.88. The molecule has 0 fully saturated rings. The van der Waals surface area contributed by atoms with Crippen molar-refractivity contribution in [2.24, 2.45) is 0 Å². The van der Waals surface area contributed by atoms with Crippen LogP contribution in [0.5, 0.6) is 5.75 Å². The molecule has 0 spiro atoms. The van der Waals surface area contributed by atoms with Gasteiger partial charge in [-0.15, -0.1) is 0 Å². The molecule has 1 unspecified atom stereocenters. The second-order valence-electron chi connectivity index (χ2n) is 3.65. The van der Waals surface area contributed by atoms with Crippen LogP contribution in [0.25, 0.3) is 0 Å². The lowest BCUT2D eigenvalue weighted by Crippen LogP contribution is -2.34. The molecule has 1 aromatic carbocycles. The standard InChI is InChI=1S/C11H11NO4/c1-6-11(15)12-8-4-7(5-10(13)14)2-3-9(8)16-6/h2-4,6H,5H2,1H3,(H,12,15)(H,13,14). The molecule has 2 N–H and O–H groups in total. The summed E-state index contributed by atoms with van der Waals surface area (Å²) in [5.74, 6) is -0.558. The van der Waals surface area contributed by atoms with E-state index >= 15 is 0 Å². The lowest BCUT2D eigenvalue weighted by Gasteiger charge is -2.23. The molecule has 2 rings (SSSR count). The molecule has 1 aromatic rings. The van der Waals surface area contributed by atoms with Crippen LogP contribution < -0.4 is 10.1 Å². The predicted octanol–water partition coefficient (Wildman–Crippen LogP) is 1.03. The Hall–Kier alpha value is -2.04. The van der Waals surface area contributed by atoms with Gasteiger partial charge in [0.15, 0.2) is 6.10 Å². The topological polar surface area (TPSA) is 75.6 Å². The molecule has 0 aromatic heterocycles. The summed E-state index contributed by atoms with van der Waals surface area (Å²) in [6.07, 6.45) is -0.587. The van der Waals surface area contributed by atoms with Gasteiger partial charge in [-0.1, -0.05) is 6.07 Å². The number of amides is 1. The fourth-order valence-corrected chi connectivity index (χ4v) is 1.54. The van der Waals surface area contributed by atoms with Crippen molar-refractivity contribution in [2.75, 3.05) is 5.32 Å². The van der Waals surface area contributed by atoms with Crippen molar-refractivity contribution in [2.45, 2.75) is 19.4 Å². The summed E-state index contributed by atoms with van der Waals surface area (Å²) in [4.78, 5) is 21.9. The molecule has 84 valence electrons. The average molecular weight is 221 g/mol. The number of carboxylic acids is 1. The van der Waals surface area contributed by atoms with E-state index in [9.17, 15) is 9.59 Å². The largest absolute Gasteiger partial charge is 0.481 e. The maximum atomic E-state index is 11.3. The van der Waals surface area contributed by atoms with Crippen molar-refractivity contribution in [1.82, 2.24) is 0 Å².